The number of para-hydroxylation sites is 1. The van der Waals surface area contributed by atoms with Gasteiger partial charge in [-0.05, 0) is 37.8 Å². The Bertz CT molecular complexity index is 608. The first kappa shape index (κ1) is 16.7. The minimum atomic E-state index is -3.52. The Hall–Kier alpha value is -1.15. The number of hydrogen-bond acceptors (Lipinski definition) is 4. The number of rotatable bonds is 6. The molecular formula is C16H25N3O3S. The lowest BCUT2D eigenvalue weighted by atomic mass is 10.2. The maximum atomic E-state index is 12.5. The smallest absolute Gasteiger partial charge is 0.279 e. The standard InChI is InChI=1S/C16H25N3O3S/c20-13-16-9-5-11-19(16)23(21,22)17-12-15-8-4-10-18(15)14-6-2-1-3-7-14/h1-3,6-7,15-17,20H,4-5,8-13H2/t15-,16+/m1/s1. The predicted octanol–water partition coefficient (Wildman–Crippen LogP) is 0.946. The van der Waals surface area contributed by atoms with Gasteiger partial charge in [-0.3, -0.25) is 0 Å². The fourth-order valence-corrected chi connectivity index (χ4v) is 5.10. The normalized spacial score (nSPS) is 26.0. The van der Waals surface area contributed by atoms with Crippen LogP contribution in [-0.2, 0) is 10.2 Å². The summed E-state index contributed by atoms with van der Waals surface area (Å²) in [5.41, 5.74) is 1.14. The Balaban J connectivity index is 1.63. The summed E-state index contributed by atoms with van der Waals surface area (Å²) in [7, 11) is -3.52. The third-order valence-corrected chi connectivity index (χ3v) is 6.44. The van der Waals surface area contributed by atoms with Crippen LogP contribution in [-0.4, -0.2) is 56.2 Å². The number of hydrogen-bond donors (Lipinski definition) is 2. The number of aliphatic hydroxyl groups is 1. The monoisotopic (exact) mass is 339 g/mol. The van der Waals surface area contributed by atoms with Gasteiger partial charge in [0.15, 0.2) is 0 Å². The van der Waals surface area contributed by atoms with E-state index in [-0.39, 0.29) is 18.7 Å². The molecule has 0 spiro atoms. The molecule has 2 aliphatic heterocycles. The molecule has 1 aromatic carbocycles. The second kappa shape index (κ2) is 7.17. The van der Waals surface area contributed by atoms with Crippen molar-refractivity contribution in [1.29, 1.82) is 0 Å². The molecule has 0 unspecified atom stereocenters. The number of aliphatic hydroxyl groups excluding tert-OH is 1. The van der Waals surface area contributed by atoms with Crippen molar-refractivity contribution in [3.05, 3.63) is 30.3 Å². The van der Waals surface area contributed by atoms with E-state index in [0.717, 1.165) is 37.9 Å². The van der Waals surface area contributed by atoms with E-state index < -0.39 is 10.2 Å². The highest BCUT2D eigenvalue weighted by molar-refractivity contribution is 7.87. The molecule has 2 atom stereocenters. The van der Waals surface area contributed by atoms with Crippen LogP contribution in [0.2, 0.25) is 0 Å². The van der Waals surface area contributed by atoms with Crippen molar-refractivity contribution in [1.82, 2.24) is 9.03 Å². The van der Waals surface area contributed by atoms with Gasteiger partial charge < -0.3 is 10.0 Å². The van der Waals surface area contributed by atoms with Crippen molar-refractivity contribution in [2.24, 2.45) is 0 Å². The van der Waals surface area contributed by atoms with Gasteiger partial charge in [0.2, 0.25) is 0 Å². The first-order valence-electron chi connectivity index (χ1n) is 8.31. The highest BCUT2D eigenvalue weighted by atomic mass is 32.2. The fourth-order valence-electron chi connectivity index (χ4n) is 3.60. The predicted molar refractivity (Wildman–Crippen MR) is 90.5 cm³/mol. The second-order valence-corrected chi connectivity index (χ2v) is 7.98. The average Bonchev–Trinajstić information content (AvgIpc) is 3.23. The Morgan fingerprint density at radius 1 is 1.09 bits per heavy atom. The number of nitrogens with one attached hydrogen (secondary N) is 1. The summed E-state index contributed by atoms with van der Waals surface area (Å²) in [6.45, 7) is 1.75. The SMILES string of the molecule is O=S(=O)(NC[C@H]1CCCN1c1ccccc1)N1CCC[C@H]1CO. The number of nitrogens with zero attached hydrogens (tertiary/aromatic N) is 2. The van der Waals surface area contributed by atoms with E-state index in [1.165, 1.54) is 4.31 Å². The summed E-state index contributed by atoms with van der Waals surface area (Å²) < 4.78 is 29.1. The molecule has 2 heterocycles. The lowest BCUT2D eigenvalue weighted by molar-refractivity contribution is 0.212. The van der Waals surface area contributed by atoms with E-state index in [9.17, 15) is 13.5 Å². The largest absolute Gasteiger partial charge is 0.395 e. The molecule has 0 aliphatic carbocycles. The number of benzene rings is 1. The molecule has 0 radical (unpaired) electrons. The summed E-state index contributed by atoms with van der Waals surface area (Å²) in [4.78, 5) is 2.27. The number of anilines is 1. The molecule has 3 rings (SSSR count). The van der Waals surface area contributed by atoms with E-state index in [1.807, 2.05) is 18.2 Å². The lowest BCUT2D eigenvalue weighted by Crippen LogP contribution is -2.48. The molecule has 2 N–H and O–H groups in total. The van der Waals surface area contributed by atoms with Crippen LogP contribution in [0.25, 0.3) is 0 Å². The molecule has 7 heteroatoms. The zero-order valence-electron chi connectivity index (χ0n) is 13.3. The molecule has 23 heavy (non-hydrogen) atoms. The third-order valence-electron chi connectivity index (χ3n) is 4.81. The average molecular weight is 339 g/mol. The van der Waals surface area contributed by atoms with E-state index in [0.29, 0.717) is 13.1 Å². The van der Waals surface area contributed by atoms with Crippen molar-refractivity contribution < 1.29 is 13.5 Å². The summed E-state index contributed by atoms with van der Waals surface area (Å²) >= 11 is 0. The molecular weight excluding hydrogens is 314 g/mol. The first-order chi connectivity index (χ1) is 11.1. The van der Waals surface area contributed by atoms with Gasteiger partial charge in [0.25, 0.3) is 10.2 Å². The van der Waals surface area contributed by atoms with Crippen molar-refractivity contribution in [3.63, 3.8) is 0 Å². The van der Waals surface area contributed by atoms with Crippen LogP contribution >= 0.6 is 0 Å². The molecule has 0 saturated carbocycles. The Kier molecular flexibility index (Phi) is 5.21. The minimum absolute atomic E-state index is 0.111. The summed E-state index contributed by atoms with van der Waals surface area (Å²) in [6.07, 6.45) is 3.60. The molecule has 1 aromatic rings. The van der Waals surface area contributed by atoms with Gasteiger partial charge in [0, 0.05) is 37.4 Å². The van der Waals surface area contributed by atoms with E-state index in [1.54, 1.807) is 0 Å². The van der Waals surface area contributed by atoms with Crippen LogP contribution in [0.1, 0.15) is 25.7 Å². The van der Waals surface area contributed by atoms with Gasteiger partial charge in [-0.2, -0.15) is 12.7 Å². The van der Waals surface area contributed by atoms with Gasteiger partial charge >= 0.3 is 0 Å². The van der Waals surface area contributed by atoms with Gasteiger partial charge in [0.05, 0.1) is 6.61 Å². The summed E-state index contributed by atoms with van der Waals surface area (Å²) in [5.74, 6) is 0. The quantitative estimate of drug-likeness (QED) is 0.809. The maximum absolute atomic E-state index is 12.5. The Labute approximate surface area is 138 Å². The Morgan fingerprint density at radius 3 is 2.52 bits per heavy atom. The Morgan fingerprint density at radius 2 is 1.78 bits per heavy atom. The van der Waals surface area contributed by atoms with Crippen molar-refractivity contribution in [2.45, 2.75) is 37.8 Å². The zero-order valence-corrected chi connectivity index (χ0v) is 14.1. The highest BCUT2D eigenvalue weighted by Gasteiger charge is 2.34. The van der Waals surface area contributed by atoms with Gasteiger partial charge in [-0.25, -0.2) is 4.72 Å². The van der Waals surface area contributed by atoms with Gasteiger partial charge in [-0.15, -0.1) is 0 Å². The fraction of sp³-hybridized carbons (Fsp3) is 0.625. The van der Waals surface area contributed by atoms with E-state index in [4.69, 9.17) is 0 Å². The van der Waals surface area contributed by atoms with Crippen LogP contribution in [0, 0.1) is 0 Å². The lowest BCUT2D eigenvalue weighted by Gasteiger charge is -2.28. The van der Waals surface area contributed by atoms with Crippen molar-refractivity contribution >= 4 is 15.9 Å². The highest BCUT2D eigenvalue weighted by Crippen LogP contribution is 2.25. The molecule has 0 bridgehead atoms. The first-order valence-corrected chi connectivity index (χ1v) is 9.75. The molecule has 6 nitrogen and oxygen atoms in total. The van der Waals surface area contributed by atoms with Crippen molar-refractivity contribution in [2.75, 3.05) is 31.1 Å². The summed E-state index contributed by atoms with van der Waals surface area (Å²) in [6, 6.07) is 10.0. The molecule has 2 aliphatic rings. The minimum Gasteiger partial charge on any atom is -0.395 e. The maximum Gasteiger partial charge on any atom is 0.279 e. The van der Waals surface area contributed by atoms with Crippen LogP contribution in [0.5, 0.6) is 0 Å². The molecule has 0 amide bonds. The molecule has 2 fully saturated rings. The molecule has 2 saturated heterocycles. The van der Waals surface area contributed by atoms with E-state index >= 15 is 0 Å². The van der Waals surface area contributed by atoms with Gasteiger partial charge in [0.1, 0.15) is 0 Å². The second-order valence-electron chi connectivity index (χ2n) is 6.27. The third kappa shape index (κ3) is 3.68. The zero-order chi connectivity index (χ0) is 16.3. The topological polar surface area (TPSA) is 72.9 Å². The van der Waals surface area contributed by atoms with Gasteiger partial charge in [-0.1, -0.05) is 18.2 Å². The van der Waals surface area contributed by atoms with E-state index in [2.05, 4.69) is 21.8 Å². The van der Waals surface area contributed by atoms with Crippen LogP contribution < -0.4 is 9.62 Å². The van der Waals surface area contributed by atoms with Crippen LogP contribution in [0.15, 0.2) is 30.3 Å². The van der Waals surface area contributed by atoms with Crippen LogP contribution in [0.3, 0.4) is 0 Å². The molecule has 128 valence electrons. The van der Waals surface area contributed by atoms with Crippen LogP contribution in [0.4, 0.5) is 5.69 Å². The molecule has 0 aromatic heterocycles. The summed E-state index contributed by atoms with van der Waals surface area (Å²) in [5, 5.41) is 9.33. The van der Waals surface area contributed by atoms with Crippen molar-refractivity contribution in [3.8, 4) is 0 Å².